The fourth-order valence-corrected chi connectivity index (χ4v) is 7.38. The highest BCUT2D eigenvalue weighted by atomic mass is 35.6. The Hall–Kier alpha value is -0.0962. The van der Waals surface area contributed by atoms with E-state index in [1.807, 2.05) is 30.3 Å². The van der Waals surface area contributed by atoms with Gasteiger partial charge in [0.15, 0.2) is 8.32 Å². The van der Waals surface area contributed by atoms with Gasteiger partial charge in [-0.1, -0.05) is 30.3 Å². The van der Waals surface area contributed by atoms with Crippen molar-refractivity contribution in [3.63, 3.8) is 0 Å². The van der Waals surface area contributed by atoms with E-state index >= 15 is 0 Å². The topological polar surface area (TPSA) is 9.23 Å². The van der Waals surface area contributed by atoms with E-state index in [2.05, 4.69) is 19.6 Å². The molecule has 0 aliphatic carbocycles. The predicted octanol–water partition coefficient (Wildman–Crippen LogP) is 2.20. The largest absolute Gasteiger partial charge is 0.444 e. The summed E-state index contributed by atoms with van der Waals surface area (Å²) in [5.41, 5.74) is 0. The lowest BCUT2D eigenvalue weighted by Gasteiger charge is -2.21. The summed E-state index contributed by atoms with van der Waals surface area (Å²) in [6.07, 6.45) is 0. The molecule has 0 aliphatic heterocycles. The van der Waals surface area contributed by atoms with Gasteiger partial charge in [-0.05, 0) is 24.8 Å². The molecule has 1 unspecified atom stereocenters. The van der Waals surface area contributed by atoms with Crippen LogP contribution in [0.2, 0.25) is 19.6 Å². The molecular formula is C9H15ClOSi2. The van der Waals surface area contributed by atoms with Gasteiger partial charge in [0.25, 0.3) is 8.35 Å². The molecule has 0 radical (unpaired) electrons. The Morgan fingerprint density at radius 1 is 1.15 bits per heavy atom. The minimum absolute atomic E-state index is 1.17. The standard InChI is InChI=1S/C9H15ClOSi2/c1-13(2,3)11-12(10)9-7-5-4-6-8-9/h4-8,12H,1-3H3. The van der Waals surface area contributed by atoms with Gasteiger partial charge in [-0.25, -0.2) is 0 Å². The molecule has 0 heterocycles. The quantitative estimate of drug-likeness (QED) is 0.572. The van der Waals surface area contributed by atoms with Gasteiger partial charge < -0.3 is 4.12 Å². The summed E-state index contributed by atoms with van der Waals surface area (Å²) in [5, 5.41) is 1.17. The molecule has 72 valence electrons. The minimum atomic E-state index is -1.65. The van der Waals surface area contributed by atoms with Crippen LogP contribution in [0.25, 0.3) is 0 Å². The number of benzene rings is 1. The Kier molecular flexibility index (Phi) is 3.73. The number of halogens is 1. The average molecular weight is 231 g/mol. The van der Waals surface area contributed by atoms with E-state index in [0.29, 0.717) is 0 Å². The first-order chi connectivity index (χ1) is 5.99. The SMILES string of the molecule is C[Si](C)(C)O[SiH](Cl)c1ccccc1. The van der Waals surface area contributed by atoms with Crippen molar-refractivity contribution in [3.05, 3.63) is 30.3 Å². The Bertz CT molecular complexity index is 258. The molecule has 1 aromatic carbocycles. The zero-order valence-electron chi connectivity index (χ0n) is 8.25. The summed E-state index contributed by atoms with van der Waals surface area (Å²) in [5.74, 6) is 0. The van der Waals surface area contributed by atoms with Crippen LogP contribution in [-0.2, 0) is 4.12 Å². The minimum Gasteiger partial charge on any atom is -0.444 e. The highest BCUT2D eigenvalue weighted by Crippen LogP contribution is 2.07. The summed E-state index contributed by atoms with van der Waals surface area (Å²) < 4.78 is 5.87. The second-order valence-corrected chi connectivity index (χ2v) is 11.6. The lowest BCUT2D eigenvalue weighted by molar-refractivity contribution is 0.601. The first-order valence-electron chi connectivity index (χ1n) is 4.36. The zero-order valence-corrected chi connectivity index (χ0v) is 11.2. The van der Waals surface area contributed by atoms with E-state index in [4.69, 9.17) is 15.2 Å². The van der Waals surface area contributed by atoms with E-state index in [1.54, 1.807) is 0 Å². The molecule has 1 aromatic rings. The molecule has 1 rings (SSSR count). The van der Waals surface area contributed by atoms with Crippen LogP contribution in [0.5, 0.6) is 0 Å². The van der Waals surface area contributed by atoms with Crippen molar-refractivity contribution in [2.24, 2.45) is 0 Å². The van der Waals surface area contributed by atoms with E-state index in [-0.39, 0.29) is 0 Å². The van der Waals surface area contributed by atoms with Gasteiger partial charge in [-0.15, -0.1) is 11.1 Å². The molecule has 0 amide bonds. The molecule has 0 saturated carbocycles. The third-order valence-corrected chi connectivity index (χ3v) is 7.64. The maximum absolute atomic E-state index is 6.24. The third kappa shape index (κ3) is 4.09. The van der Waals surface area contributed by atoms with Gasteiger partial charge in [-0.3, -0.25) is 0 Å². The summed E-state index contributed by atoms with van der Waals surface area (Å²) in [6, 6.07) is 10.1. The van der Waals surface area contributed by atoms with Crippen LogP contribution in [0.3, 0.4) is 0 Å². The number of hydrogen-bond donors (Lipinski definition) is 0. The van der Waals surface area contributed by atoms with Gasteiger partial charge in [0, 0.05) is 0 Å². The normalized spacial score (nSPS) is 14.2. The Morgan fingerprint density at radius 3 is 2.15 bits per heavy atom. The van der Waals surface area contributed by atoms with Crippen LogP contribution >= 0.6 is 11.1 Å². The smallest absolute Gasteiger partial charge is 0.296 e. The van der Waals surface area contributed by atoms with Gasteiger partial charge in [-0.2, -0.15) is 0 Å². The third-order valence-electron chi connectivity index (χ3n) is 1.52. The van der Waals surface area contributed by atoms with E-state index in [9.17, 15) is 0 Å². The molecule has 0 aromatic heterocycles. The first kappa shape index (κ1) is 11.0. The monoisotopic (exact) mass is 230 g/mol. The highest BCUT2D eigenvalue weighted by Gasteiger charge is 2.21. The fourth-order valence-electron chi connectivity index (χ4n) is 0.983. The molecule has 0 bridgehead atoms. The first-order valence-corrected chi connectivity index (χ1v) is 10.6. The second kappa shape index (κ2) is 4.42. The Morgan fingerprint density at radius 2 is 1.69 bits per heavy atom. The maximum atomic E-state index is 6.24. The fraction of sp³-hybridized carbons (Fsp3) is 0.333. The van der Waals surface area contributed by atoms with E-state index in [1.165, 1.54) is 5.19 Å². The van der Waals surface area contributed by atoms with Crippen molar-refractivity contribution in [2.45, 2.75) is 19.6 Å². The highest BCUT2D eigenvalue weighted by molar-refractivity contribution is 7.13. The van der Waals surface area contributed by atoms with Crippen LogP contribution in [0.15, 0.2) is 30.3 Å². The average Bonchev–Trinajstić information content (AvgIpc) is 2.03. The van der Waals surface area contributed by atoms with Crippen molar-refractivity contribution in [1.29, 1.82) is 0 Å². The molecule has 1 nitrogen and oxygen atoms in total. The maximum Gasteiger partial charge on any atom is 0.296 e. The van der Waals surface area contributed by atoms with Crippen LogP contribution in [-0.4, -0.2) is 16.7 Å². The summed E-state index contributed by atoms with van der Waals surface area (Å²) in [7, 11) is -3.12. The van der Waals surface area contributed by atoms with Gasteiger partial charge >= 0.3 is 0 Å². The molecule has 0 saturated heterocycles. The summed E-state index contributed by atoms with van der Waals surface area (Å²) in [6.45, 7) is 6.50. The van der Waals surface area contributed by atoms with Crippen molar-refractivity contribution in [3.8, 4) is 0 Å². The van der Waals surface area contributed by atoms with Crippen LogP contribution in [0, 0.1) is 0 Å². The van der Waals surface area contributed by atoms with E-state index in [0.717, 1.165) is 0 Å². The molecule has 4 heteroatoms. The summed E-state index contributed by atoms with van der Waals surface area (Å²) >= 11 is 6.24. The molecule has 1 atom stereocenters. The van der Waals surface area contributed by atoms with Crippen molar-refractivity contribution in [1.82, 2.24) is 0 Å². The lowest BCUT2D eigenvalue weighted by atomic mass is 10.4. The number of hydrogen-bond acceptors (Lipinski definition) is 1. The van der Waals surface area contributed by atoms with Crippen LogP contribution in [0.4, 0.5) is 0 Å². The second-order valence-electron chi connectivity index (χ2n) is 3.96. The van der Waals surface area contributed by atoms with Crippen LogP contribution in [0.1, 0.15) is 0 Å². The molecular weight excluding hydrogens is 216 g/mol. The van der Waals surface area contributed by atoms with Crippen molar-refractivity contribution in [2.75, 3.05) is 0 Å². The number of rotatable bonds is 3. The molecule has 0 aliphatic rings. The zero-order chi connectivity index (χ0) is 9.90. The van der Waals surface area contributed by atoms with Gasteiger partial charge in [0.1, 0.15) is 0 Å². The van der Waals surface area contributed by atoms with Crippen molar-refractivity contribution >= 4 is 32.9 Å². The van der Waals surface area contributed by atoms with Crippen molar-refractivity contribution < 1.29 is 4.12 Å². The Balaban J connectivity index is 2.64. The summed E-state index contributed by atoms with van der Waals surface area (Å²) in [4.78, 5) is 0. The lowest BCUT2D eigenvalue weighted by Crippen LogP contribution is -2.38. The Labute approximate surface area is 87.3 Å². The molecule has 0 fully saturated rings. The molecule has 0 spiro atoms. The van der Waals surface area contributed by atoms with Crippen LogP contribution < -0.4 is 5.19 Å². The molecule has 13 heavy (non-hydrogen) atoms. The predicted molar refractivity (Wildman–Crippen MR) is 63.5 cm³/mol. The van der Waals surface area contributed by atoms with Gasteiger partial charge in [0.05, 0.1) is 0 Å². The van der Waals surface area contributed by atoms with E-state index < -0.39 is 16.7 Å². The van der Waals surface area contributed by atoms with Gasteiger partial charge in [0.2, 0.25) is 0 Å². The molecule has 0 N–H and O–H groups in total.